The molecule has 0 atom stereocenters. The third-order valence-corrected chi connectivity index (χ3v) is 1.50. The molecule has 1 amide bonds. The molecule has 0 aromatic rings. The number of rotatable bonds is 0. The molecule has 0 spiro atoms. The van der Waals surface area contributed by atoms with E-state index < -0.39 is 5.60 Å². The van der Waals surface area contributed by atoms with E-state index in [2.05, 4.69) is 6.92 Å². The third kappa shape index (κ3) is 4.40. The van der Waals surface area contributed by atoms with Crippen LogP contribution in [0.25, 0.3) is 0 Å². The molecule has 0 aliphatic rings. The quantitative estimate of drug-likeness (QED) is 0.443. The maximum absolute atomic E-state index is 11.7. The first-order valence-electron chi connectivity index (χ1n) is 4.73. The van der Waals surface area contributed by atoms with Gasteiger partial charge >= 0.3 is 6.09 Å². The summed E-state index contributed by atoms with van der Waals surface area (Å²) in [6, 6.07) is 0. The van der Waals surface area contributed by atoms with E-state index in [1.807, 2.05) is 41.5 Å². The average Bonchev–Trinajstić information content (AvgIpc) is 1.79. The lowest BCUT2D eigenvalue weighted by atomic mass is 10.1. The molecule has 3 heteroatoms. The Kier molecular flexibility index (Phi) is 3.86. The van der Waals surface area contributed by atoms with Gasteiger partial charge < -0.3 is 4.74 Å². The third-order valence-electron chi connectivity index (χ3n) is 1.50. The molecule has 81 valence electrons. The van der Waals surface area contributed by atoms with Gasteiger partial charge in [-0.1, -0.05) is 0 Å². The fraction of sp³-hybridized carbons (Fsp3) is 0.727. The van der Waals surface area contributed by atoms with Crippen LogP contribution in [0.4, 0.5) is 4.79 Å². The molecule has 0 aliphatic carbocycles. The van der Waals surface area contributed by atoms with Gasteiger partial charge in [0, 0.05) is 27.7 Å². The van der Waals surface area contributed by atoms with Crippen molar-refractivity contribution in [3.05, 3.63) is 6.92 Å². The Labute approximate surface area is 86.8 Å². The number of hydrogen-bond acceptors (Lipinski definition) is 2. The molecule has 0 aromatic carbocycles. The van der Waals surface area contributed by atoms with Crippen molar-refractivity contribution in [1.29, 1.82) is 0 Å². The summed E-state index contributed by atoms with van der Waals surface area (Å²) in [5, 5.41) is 0. The fourth-order valence-electron chi connectivity index (χ4n) is 0.933. The second-order valence-electron chi connectivity index (χ2n) is 5.20. The standard InChI is InChI=1S/C11H21NO2/c1-8-12(10(2,3)4)9(13)14-11(5,6)7/h8H,1H2,2-7H3/q+1. The number of amides is 1. The van der Waals surface area contributed by atoms with E-state index in [-0.39, 0.29) is 11.6 Å². The van der Waals surface area contributed by atoms with E-state index >= 15 is 0 Å². The van der Waals surface area contributed by atoms with Crippen LogP contribution in [0.1, 0.15) is 41.5 Å². The van der Waals surface area contributed by atoms with Crippen molar-refractivity contribution in [2.24, 2.45) is 0 Å². The molecule has 0 heterocycles. The zero-order valence-corrected chi connectivity index (χ0v) is 10.0. The van der Waals surface area contributed by atoms with Crippen LogP contribution in [0.15, 0.2) is 0 Å². The van der Waals surface area contributed by atoms with Gasteiger partial charge in [-0.05, 0) is 20.8 Å². The van der Waals surface area contributed by atoms with Gasteiger partial charge in [0.05, 0.1) is 0 Å². The first-order chi connectivity index (χ1) is 6.08. The Morgan fingerprint density at radius 1 is 1.21 bits per heavy atom. The molecule has 1 radical (unpaired) electrons. The van der Waals surface area contributed by atoms with E-state index in [9.17, 15) is 4.79 Å². The highest BCUT2D eigenvalue weighted by Gasteiger charge is 2.34. The summed E-state index contributed by atoms with van der Waals surface area (Å²) in [6.45, 7) is 14.9. The van der Waals surface area contributed by atoms with E-state index in [0.717, 1.165) is 0 Å². The van der Waals surface area contributed by atoms with Crippen molar-refractivity contribution in [1.82, 2.24) is 0 Å². The smallest absolute Gasteiger partial charge is 0.406 e. The van der Waals surface area contributed by atoms with Crippen LogP contribution in [0.3, 0.4) is 0 Å². The maximum Gasteiger partial charge on any atom is 0.597 e. The van der Waals surface area contributed by atoms with E-state index in [4.69, 9.17) is 4.74 Å². The largest absolute Gasteiger partial charge is 0.597 e. The lowest BCUT2D eigenvalue weighted by molar-refractivity contribution is -0.519. The predicted octanol–water partition coefficient (Wildman–Crippen LogP) is 2.64. The summed E-state index contributed by atoms with van der Waals surface area (Å²) in [5.41, 5.74) is -0.770. The zero-order chi connectivity index (χ0) is 11.6. The summed E-state index contributed by atoms with van der Waals surface area (Å²) in [4.78, 5) is 11.7. The number of carbonyl (C=O) groups is 1. The molecule has 0 aliphatic heterocycles. The van der Waals surface area contributed by atoms with Gasteiger partial charge in [0.25, 0.3) is 0 Å². The average molecular weight is 199 g/mol. The van der Waals surface area contributed by atoms with Crippen LogP contribution in [-0.4, -0.2) is 28.0 Å². The number of carbonyl (C=O) groups excluding carboxylic acids is 1. The zero-order valence-electron chi connectivity index (χ0n) is 10.0. The molecule has 0 unspecified atom stereocenters. The molecule has 0 fully saturated rings. The summed E-state index contributed by atoms with van der Waals surface area (Å²) in [7, 11) is 0. The summed E-state index contributed by atoms with van der Waals surface area (Å²) in [6.07, 6.45) is 1.13. The fourth-order valence-corrected chi connectivity index (χ4v) is 0.933. The summed E-state index contributed by atoms with van der Waals surface area (Å²) >= 11 is 0. The molecular weight excluding hydrogens is 178 g/mol. The van der Waals surface area contributed by atoms with E-state index in [1.54, 1.807) is 0 Å². The predicted molar refractivity (Wildman–Crippen MR) is 57.7 cm³/mol. The first kappa shape index (κ1) is 13.1. The Balaban J connectivity index is 4.69. The van der Waals surface area contributed by atoms with Crippen molar-refractivity contribution in [3.63, 3.8) is 0 Å². The minimum absolute atomic E-state index is 0.302. The van der Waals surface area contributed by atoms with Crippen molar-refractivity contribution >= 4 is 12.3 Å². The molecule has 14 heavy (non-hydrogen) atoms. The van der Waals surface area contributed by atoms with Crippen LogP contribution in [0.2, 0.25) is 0 Å². The number of hydrogen-bond donors (Lipinski definition) is 0. The molecule has 0 saturated carbocycles. The van der Waals surface area contributed by atoms with Crippen molar-refractivity contribution in [3.8, 4) is 0 Å². The maximum atomic E-state index is 11.7. The van der Waals surface area contributed by atoms with Crippen molar-refractivity contribution in [2.45, 2.75) is 52.7 Å². The van der Waals surface area contributed by atoms with Gasteiger partial charge in [-0.25, -0.2) is 0 Å². The minimum Gasteiger partial charge on any atom is -0.406 e. The SMILES string of the molecule is [CH2]C=[N+](C(=O)OC(C)(C)C)C(C)(C)C. The van der Waals surface area contributed by atoms with Gasteiger partial charge in [-0.3, -0.25) is 0 Å². The van der Waals surface area contributed by atoms with Gasteiger partial charge in [0.15, 0.2) is 11.8 Å². The van der Waals surface area contributed by atoms with E-state index in [0.29, 0.717) is 0 Å². The lowest BCUT2D eigenvalue weighted by Gasteiger charge is -2.20. The Bertz CT molecular complexity index is 241. The Morgan fingerprint density at radius 2 is 1.64 bits per heavy atom. The van der Waals surface area contributed by atoms with Gasteiger partial charge in [-0.2, -0.15) is 4.79 Å². The molecule has 0 rings (SSSR count). The first-order valence-corrected chi connectivity index (χ1v) is 4.73. The van der Waals surface area contributed by atoms with Crippen LogP contribution >= 0.6 is 0 Å². The van der Waals surface area contributed by atoms with Crippen molar-refractivity contribution < 1.29 is 14.1 Å². The Morgan fingerprint density at radius 3 is 1.86 bits per heavy atom. The molecular formula is C11H21NO2+. The normalized spacial score (nSPS) is 14.1. The highest BCUT2D eigenvalue weighted by molar-refractivity contribution is 5.68. The van der Waals surface area contributed by atoms with E-state index in [1.165, 1.54) is 10.8 Å². The Hall–Kier alpha value is -0.860. The van der Waals surface area contributed by atoms with Gasteiger partial charge in [0.1, 0.15) is 5.60 Å². The van der Waals surface area contributed by atoms with Gasteiger partial charge in [0.2, 0.25) is 0 Å². The van der Waals surface area contributed by atoms with Crippen LogP contribution in [0, 0.1) is 6.92 Å². The molecule has 0 aromatic heterocycles. The summed E-state index contributed by atoms with van der Waals surface area (Å²) < 4.78 is 6.72. The van der Waals surface area contributed by atoms with Gasteiger partial charge in [-0.15, -0.1) is 4.58 Å². The molecule has 0 N–H and O–H groups in total. The second-order valence-corrected chi connectivity index (χ2v) is 5.20. The second kappa shape index (κ2) is 4.11. The van der Waals surface area contributed by atoms with Crippen LogP contribution < -0.4 is 0 Å². The molecule has 0 bridgehead atoms. The number of ether oxygens (including phenoxy) is 1. The highest BCUT2D eigenvalue weighted by Crippen LogP contribution is 2.13. The lowest BCUT2D eigenvalue weighted by Crippen LogP contribution is -2.41. The van der Waals surface area contributed by atoms with Crippen molar-refractivity contribution in [2.75, 3.05) is 0 Å². The van der Waals surface area contributed by atoms with Crippen LogP contribution in [-0.2, 0) is 4.74 Å². The number of nitrogens with zero attached hydrogens (tertiary/aromatic N) is 1. The van der Waals surface area contributed by atoms with Crippen LogP contribution in [0.5, 0.6) is 0 Å². The minimum atomic E-state index is -0.469. The molecule has 0 saturated heterocycles. The topological polar surface area (TPSA) is 29.3 Å². The summed E-state index contributed by atoms with van der Waals surface area (Å²) in [5.74, 6) is 0. The molecule has 3 nitrogen and oxygen atoms in total. The highest BCUT2D eigenvalue weighted by atomic mass is 16.6. The monoisotopic (exact) mass is 199 g/mol.